The van der Waals surface area contributed by atoms with Gasteiger partial charge in [0.25, 0.3) is 0 Å². The van der Waals surface area contributed by atoms with Gasteiger partial charge in [-0.15, -0.1) is 0 Å². The van der Waals surface area contributed by atoms with Gasteiger partial charge in [-0.2, -0.15) is 0 Å². The quantitative estimate of drug-likeness (QED) is 0.228. The Balaban J connectivity index is 1.54. The van der Waals surface area contributed by atoms with Crippen molar-refractivity contribution in [2.24, 2.45) is 61.8 Å². The summed E-state index contributed by atoms with van der Waals surface area (Å²) in [7, 11) is 0. The zero-order chi connectivity index (χ0) is 24.7. The molecule has 5 unspecified atom stereocenters. The molecule has 0 heterocycles. The SMILES string of the molecule is C=C(C)C1CCC2(CNO)CC[C@]3(C)C(CCC4[C@@]5(C)CC/C(=N\O)C(C)(C)[C@@H]5CC[C@]43C)C12. The van der Waals surface area contributed by atoms with Crippen LogP contribution in [0.3, 0.4) is 0 Å². The van der Waals surface area contributed by atoms with Crippen LogP contribution in [0.2, 0.25) is 0 Å². The van der Waals surface area contributed by atoms with Crippen molar-refractivity contribution >= 4 is 5.71 Å². The third kappa shape index (κ3) is 2.93. The van der Waals surface area contributed by atoms with E-state index in [9.17, 15) is 10.4 Å². The van der Waals surface area contributed by atoms with Gasteiger partial charge in [-0.05, 0) is 122 Å². The average molecular weight is 471 g/mol. The Morgan fingerprint density at radius 3 is 2.32 bits per heavy atom. The average Bonchev–Trinajstić information content (AvgIpc) is 3.14. The Hall–Kier alpha value is -0.870. The predicted octanol–water partition coefficient (Wildman–Crippen LogP) is 7.45. The molecule has 0 aromatic rings. The van der Waals surface area contributed by atoms with Crippen molar-refractivity contribution in [3.8, 4) is 0 Å². The Labute approximate surface area is 208 Å². The minimum Gasteiger partial charge on any atom is -0.411 e. The molecule has 5 aliphatic rings. The molecule has 0 bridgehead atoms. The van der Waals surface area contributed by atoms with Crippen molar-refractivity contribution in [3.63, 3.8) is 0 Å². The second kappa shape index (κ2) is 7.81. The first-order valence-corrected chi connectivity index (χ1v) is 14.1. The molecule has 4 nitrogen and oxygen atoms in total. The summed E-state index contributed by atoms with van der Waals surface area (Å²) >= 11 is 0. The van der Waals surface area contributed by atoms with E-state index in [0.717, 1.165) is 31.0 Å². The summed E-state index contributed by atoms with van der Waals surface area (Å²) in [4.78, 5) is 0. The fraction of sp³-hybridized carbons (Fsp3) is 0.900. The van der Waals surface area contributed by atoms with Crippen LogP contribution in [-0.2, 0) is 0 Å². The predicted molar refractivity (Wildman–Crippen MR) is 138 cm³/mol. The molecule has 5 rings (SSSR count). The molecule has 5 fully saturated rings. The Morgan fingerprint density at radius 1 is 0.941 bits per heavy atom. The molecule has 5 saturated carbocycles. The van der Waals surface area contributed by atoms with Crippen molar-refractivity contribution in [1.29, 1.82) is 0 Å². The molecular weight excluding hydrogens is 420 g/mol. The maximum absolute atomic E-state index is 9.84. The highest BCUT2D eigenvalue weighted by Crippen LogP contribution is 2.77. The summed E-state index contributed by atoms with van der Waals surface area (Å²) in [5.41, 5.74) is 6.21. The number of rotatable bonds is 3. The number of hydrogen-bond acceptors (Lipinski definition) is 4. The lowest BCUT2D eigenvalue weighted by molar-refractivity contribution is -0.228. The van der Waals surface area contributed by atoms with Crippen molar-refractivity contribution in [2.75, 3.05) is 6.54 Å². The van der Waals surface area contributed by atoms with Crippen LogP contribution in [0.25, 0.3) is 0 Å². The van der Waals surface area contributed by atoms with Gasteiger partial charge in [0, 0.05) is 12.0 Å². The number of fused-ring (bicyclic) bond motifs is 7. The monoisotopic (exact) mass is 470 g/mol. The van der Waals surface area contributed by atoms with Crippen molar-refractivity contribution in [3.05, 3.63) is 12.2 Å². The first-order valence-electron chi connectivity index (χ1n) is 14.1. The van der Waals surface area contributed by atoms with Gasteiger partial charge in [0.2, 0.25) is 0 Å². The van der Waals surface area contributed by atoms with E-state index >= 15 is 0 Å². The maximum Gasteiger partial charge on any atom is 0.0630 e. The molecule has 0 aromatic carbocycles. The van der Waals surface area contributed by atoms with E-state index in [1.165, 1.54) is 56.9 Å². The van der Waals surface area contributed by atoms with E-state index < -0.39 is 0 Å². The highest BCUT2D eigenvalue weighted by molar-refractivity contribution is 5.90. The molecule has 5 aliphatic carbocycles. The van der Waals surface area contributed by atoms with Crippen LogP contribution in [0.5, 0.6) is 0 Å². The molecule has 0 amide bonds. The van der Waals surface area contributed by atoms with Gasteiger partial charge < -0.3 is 10.4 Å². The van der Waals surface area contributed by atoms with Crippen molar-refractivity contribution in [1.82, 2.24) is 5.48 Å². The summed E-state index contributed by atoms with van der Waals surface area (Å²) in [6.45, 7) is 20.1. The number of nitrogens with one attached hydrogen (secondary N) is 1. The fourth-order valence-corrected chi connectivity index (χ4v) is 11.7. The van der Waals surface area contributed by atoms with Crippen LogP contribution >= 0.6 is 0 Å². The highest BCUT2D eigenvalue weighted by Gasteiger charge is 2.70. The summed E-state index contributed by atoms with van der Waals surface area (Å²) in [6.07, 6.45) is 12.3. The molecule has 0 radical (unpaired) electrons. The summed E-state index contributed by atoms with van der Waals surface area (Å²) in [5, 5.41) is 23.4. The van der Waals surface area contributed by atoms with Crippen LogP contribution in [0, 0.1) is 56.7 Å². The van der Waals surface area contributed by atoms with E-state index in [0.29, 0.717) is 39.9 Å². The van der Waals surface area contributed by atoms with Gasteiger partial charge in [-0.1, -0.05) is 51.9 Å². The standard InChI is InChI=1S/C30H50N2O2/c1-19(2)20-10-15-30(18-31-33)17-16-28(6)21(25(20)30)8-9-23-27(5)13-12-24(32-34)26(3,4)22(27)11-14-29(23,28)7/h20-23,25,31,33-34H,1,8-18H2,2-7H3/b32-24+/t20?,21?,22-,23?,25?,27-,28+,29+,30?/m0/s1. The minimum atomic E-state index is -0.0220. The van der Waals surface area contributed by atoms with Crippen molar-refractivity contribution < 1.29 is 10.4 Å². The Morgan fingerprint density at radius 2 is 1.68 bits per heavy atom. The molecule has 0 saturated heterocycles. The van der Waals surface area contributed by atoms with Gasteiger partial charge >= 0.3 is 0 Å². The van der Waals surface area contributed by atoms with Gasteiger partial charge in [0.05, 0.1) is 5.71 Å². The first-order chi connectivity index (χ1) is 15.9. The van der Waals surface area contributed by atoms with Crippen LogP contribution in [0.4, 0.5) is 0 Å². The molecule has 0 aliphatic heterocycles. The number of allylic oxidation sites excluding steroid dienone is 1. The van der Waals surface area contributed by atoms with Gasteiger partial charge in [-0.25, -0.2) is 5.48 Å². The number of oxime groups is 1. The topological polar surface area (TPSA) is 64.8 Å². The third-order valence-electron chi connectivity index (χ3n) is 13.6. The molecule has 4 heteroatoms. The zero-order valence-corrected chi connectivity index (χ0v) is 22.7. The van der Waals surface area contributed by atoms with E-state index in [1.807, 2.05) is 0 Å². The lowest BCUT2D eigenvalue weighted by Crippen LogP contribution is -2.66. The van der Waals surface area contributed by atoms with Gasteiger partial charge in [0.1, 0.15) is 0 Å². The van der Waals surface area contributed by atoms with Crippen LogP contribution in [0.15, 0.2) is 17.3 Å². The fourth-order valence-electron chi connectivity index (χ4n) is 11.7. The molecular formula is C30H50N2O2. The Bertz CT molecular complexity index is 881. The summed E-state index contributed by atoms with van der Waals surface area (Å²) in [6, 6.07) is 0. The highest BCUT2D eigenvalue weighted by atomic mass is 16.5. The van der Waals surface area contributed by atoms with E-state index in [4.69, 9.17) is 0 Å². The summed E-state index contributed by atoms with van der Waals surface area (Å²) < 4.78 is 0. The zero-order valence-electron chi connectivity index (χ0n) is 22.7. The maximum atomic E-state index is 9.84. The minimum absolute atomic E-state index is 0.0220. The lowest BCUT2D eigenvalue weighted by atomic mass is 9.32. The van der Waals surface area contributed by atoms with Gasteiger partial charge in [0.15, 0.2) is 0 Å². The van der Waals surface area contributed by atoms with Crippen LogP contribution in [-0.4, -0.2) is 22.7 Å². The van der Waals surface area contributed by atoms with E-state index in [1.54, 1.807) is 0 Å². The second-order valence-corrected chi connectivity index (χ2v) is 14.7. The third-order valence-corrected chi connectivity index (χ3v) is 13.6. The largest absolute Gasteiger partial charge is 0.411 e. The number of hydrogen-bond donors (Lipinski definition) is 3. The molecule has 192 valence electrons. The first kappa shape index (κ1) is 24.8. The number of nitrogens with zero attached hydrogens (tertiary/aromatic N) is 1. The van der Waals surface area contributed by atoms with Crippen molar-refractivity contribution in [2.45, 2.75) is 106 Å². The normalized spacial score (nSPS) is 52.9. The van der Waals surface area contributed by atoms with Gasteiger partial charge in [-0.3, -0.25) is 0 Å². The van der Waals surface area contributed by atoms with E-state index in [-0.39, 0.29) is 10.8 Å². The lowest BCUT2D eigenvalue weighted by Gasteiger charge is -2.72. The summed E-state index contributed by atoms with van der Waals surface area (Å²) in [5.74, 6) is 3.28. The van der Waals surface area contributed by atoms with Crippen LogP contribution in [0.1, 0.15) is 106 Å². The Kier molecular flexibility index (Phi) is 5.70. The molecule has 9 atom stereocenters. The molecule has 34 heavy (non-hydrogen) atoms. The van der Waals surface area contributed by atoms with E-state index in [2.05, 4.69) is 58.8 Å². The molecule has 0 aromatic heterocycles. The molecule has 3 N–H and O–H groups in total. The number of hydroxylamine groups is 1. The molecule has 0 spiro atoms. The van der Waals surface area contributed by atoms with Crippen LogP contribution < -0.4 is 5.48 Å². The smallest absolute Gasteiger partial charge is 0.0630 e. The second-order valence-electron chi connectivity index (χ2n) is 14.7.